The second-order valence-electron chi connectivity index (χ2n) is 5.76. The van der Waals surface area contributed by atoms with Crippen LogP contribution in [0.15, 0.2) is 58.6 Å². The van der Waals surface area contributed by atoms with Crippen LogP contribution in [0.4, 0.5) is 0 Å². The van der Waals surface area contributed by atoms with Crippen LogP contribution in [0.3, 0.4) is 0 Å². The van der Waals surface area contributed by atoms with Crippen molar-refractivity contribution in [1.82, 2.24) is 10.3 Å². The molecule has 0 saturated heterocycles. The lowest BCUT2D eigenvalue weighted by atomic mass is 10.2. The van der Waals surface area contributed by atoms with E-state index in [4.69, 9.17) is 32.4 Å². The number of carbonyl (C=O) groups is 1. The van der Waals surface area contributed by atoms with Crippen LogP contribution in [-0.2, 0) is 4.74 Å². The number of nitrogens with one attached hydrogen (secondary N) is 1. The number of hydrogen-bond acceptors (Lipinski definition) is 5. The van der Waals surface area contributed by atoms with Crippen molar-refractivity contribution in [3.8, 4) is 11.5 Å². The standard InChI is InChI=1S/C20H17Cl2N3O3/c1-3-24-18(23-2)6-7-27-20(26)12-4-5-16-17(10-12)28-19(25-16)13-8-14(21)11-15(22)9-13/h3-5,8-11H,1,6-7H2,2H3,(H,23,24). The van der Waals surface area contributed by atoms with Crippen molar-refractivity contribution in [3.63, 3.8) is 0 Å². The summed E-state index contributed by atoms with van der Waals surface area (Å²) in [5.74, 6) is 0.585. The van der Waals surface area contributed by atoms with Crippen molar-refractivity contribution in [2.24, 2.45) is 4.99 Å². The van der Waals surface area contributed by atoms with Gasteiger partial charge in [-0.25, -0.2) is 9.78 Å². The molecule has 0 unspecified atom stereocenters. The van der Waals surface area contributed by atoms with Crippen LogP contribution in [0.1, 0.15) is 16.8 Å². The Morgan fingerprint density at radius 1 is 1.29 bits per heavy atom. The fourth-order valence-electron chi connectivity index (χ4n) is 2.54. The third-order valence-electron chi connectivity index (χ3n) is 3.84. The number of oxazole rings is 1. The highest BCUT2D eigenvalue weighted by Gasteiger charge is 2.14. The van der Waals surface area contributed by atoms with Gasteiger partial charge in [0, 0.05) is 29.1 Å². The Labute approximate surface area is 171 Å². The third-order valence-corrected chi connectivity index (χ3v) is 4.28. The number of aliphatic imine (C=N–C) groups is 1. The first-order valence-electron chi connectivity index (χ1n) is 8.37. The van der Waals surface area contributed by atoms with Crippen LogP contribution in [0.2, 0.25) is 10.0 Å². The largest absolute Gasteiger partial charge is 0.462 e. The fraction of sp³-hybridized carbons (Fsp3) is 0.150. The molecular formula is C20H17Cl2N3O3. The minimum atomic E-state index is -0.459. The smallest absolute Gasteiger partial charge is 0.338 e. The van der Waals surface area contributed by atoms with Crippen molar-refractivity contribution < 1.29 is 13.9 Å². The Morgan fingerprint density at radius 3 is 2.71 bits per heavy atom. The van der Waals surface area contributed by atoms with E-state index < -0.39 is 5.97 Å². The number of esters is 1. The monoisotopic (exact) mass is 417 g/mol. The molecule has 1 aromatic heterocycles. The molecule has 3 aromatic rings. The molecule has 1 heterocycles. The molecule has 0 spiro atoms. The number of hydrogen-bond donors (Lipinski definition) is 1. The molecule has 2 aromatic carbocycles. The summed E-state index contributed by atoms with van der Waals surface area (Å²) in [5.41, 5.74) is 2.09. The maximum Gasteiger partial charge on any atom is 0.338 e. The Balaban J connectivity index is 1.75. The molecular weight excluding hydrogens is 401 g/mol. The van der Waals surface area contributed by atoms with Crippen molar-refractivity contribution in [1.29, 1.82) is 0 Å². The maximum atomic E-state index is 12.3. The van der Waals surface area contributed by atoms with Crippen LogP contribution in [0.25, 0.3) is 22.6 Å². The summed E-state index contributed by atoms with van der Waals surface area (Å²) in [7, 11) is 1.65. The summed E-state index contributed by atoms with van der Waals surface area (Å²) in [5, 5.41) is 3.84. The van der Waals surface area contributed by atoms with E-state index in [0.717, 1.165) is 0 Å². The lowest BCUT2D eigenvalue weighted by Crippen LogP contribution is -2.20. The van der Waals surface area contributed by atoms with Crippen molar-refractivity contribution in [2.45, 2.75) is 6.42 Å². The number of nitrogens with zero attached hydrogens (tertiary/aromatic N) is 2. The normalized spacial score (nSPS) is 11.5. The van der Waals surface area contributed by atoms with E-state index in [2.05, 4.69) is 21.9 Å². The predicted octanol–water partition coefficient (Wildman–Crippen LogP) is 5.11. The average molecular weight is 418 g/mol. The van der Waals surface area contributed by atoms with Gasteiger partial charge in [0.1, 0.15) is 11.4 Å². The first-order chi connectivity index (χ1) is 13.5. The quantitative estimate of drug-likeness (QED) is 0.342. The van der Waals surface area contributed by atoms with E-state index in [-0.39, 0.29) is 6.61 Å². The molecule has 0 fully saturated rings. The number of ether oxygens (including phenoxy) is 1. The molecule has 1 N–H and O–H groups in total. The van der Waals surface area contributed by atoms with Gasteiger partial charge in [-0.05, 0) is 42.6 Å². The zero-order valence-electron chi connectivity index (χ0n) is 15.0. The van der Waals surface area contributed by atoms with Gasteiger partial charge in [0.05, 0.1) is 12.2 Å². The SMILES string of the molecule is C=CNC(CCOC(=O)c1ccc2nc(-c3cc(Cl)cc(Cl)c3)oc2c1)=NC. The number of fused-ring (bicyclic) bond motifs is 1. The van der Waals surface area contributed by atoms with Gasteiger partial charge in [-0.2, -0.15) is 0 Å². The van der Waals surface area contributed by atoms with Gasteiger partial charge in [-0.15, -0.1) is 0 Å². The molecule has 3 rings (SSSR count). The van der Waals surface area contributed by atoms with E-state index in [1.54, 1.807) is 43.4 Å². The number of aromatic nitrogens is 1. The molecule has 0 saturated carbocycles. The molecule has 0 aliphatic rings. The molecule has 0 radical (unpaired) electrons. The number of rotatable bonds is 6. The zero-order chi connectivity index (χ0) is 20.1. The number of benzene rings is 2. The minimum Gasteiger partial charge on any atom is -0.462 e. The number of carbonyl (C=O) groups excluding carboxylic acids is 1. The van der Waals surface area contributed by atoms with Gasteiger partial charge in [0.15, 0.2) is 5.58 Å². The molecule has 8 heteroatoms. The van der Waals surface area contributed by atoms with E-state index >= 15 is 0 Å². The van der Waals surface area contributed by atoms with E-state index in [1.807, 2.05) is 0 Å². The summed E-state index contributed by atoms with van der Waals surface area (Å²) < 4.78 is 11.1. The third kappa shape index (κ3) is 4.71. The first kappa shape index (κ1) is 19.9. The van der Waals surface area contributed by atoms with Gasteiger partial charge in [0.25, 0.3) is 0 Å². The molecule has 6 nitrogen and oxygen atoms in total. The summed E-state index contributed by atoms with van der Waals surface area (Å²) in [6.07, 6.45) is 1.98. The molecule has 0 atom stereocenters. The van der Waals surface area contributed by atoms with Crippen molar-refractivity contribution in [2.75, 3.05) is 13.7 Å². The van der Waals surface area contributed by atoms with Gasteiger partial charge in [-0.3, -0.25) is 4.99 Å². The number of amidine groups is 1. The van der Waals surface area contributed by atoms with Gasteiger partial charge >= 0.3 is 5.97 Å². The van der Waals surface area contributed by atoms with Crippen LogP contribution < -0.4 is 5.32 Å². The molecule has 28 heavy (non-hydrogen) atoms. The highest BCUT2D eigenvalue weighted by molar-refractivity contribution is 6.35. The van der Waals surface area contributed by atoms with E-state index in [1.165, 1.54) is 6.20 Å². The second-order valence-corrected chi connectivity index (χ2v) is 6.64. The average Bonchev–Trinajstić information content (AvgIpc) is 3.09. The Morgan fingerprint density at radius 2 is 2.04 bits per heavy atom. The zero-order valence-corrected chi connectivity index (χ0v) is 16.5. The van der Waals surface area contributed by atoms with Crippen LogP contribution in [-0.4, -0.2) is 30.4 Å². The molecule has 0 amide bonds. The van der Waals surface area contributed by atoms with E-state index in [9.17, 15) is 4.79 Å². The minimum absolute atomic E-state index is 0.188. The fourth-order valence-corrected chi connectivity index (χ4v) is 3.07. The topological polar surface area (TPSA) is 76.7 Å². The molecule has 0 aliphatic heterocycles. The van der Waals surface area contributed by atoms with Crippen LogP contribution in [0, 0.1) is 0 Å². The first-order valence-corrected chi connectivity index (χ1v) is 9.13. The molecule has 0 aliphatic carbocycles. The van der Waals surface area contributed by atoms with Crippen LogP contribution >= 0.6 is 23.2 Å². The summed E-state index contributed by atoms with van der Waals surface area (Å²) in [6.45, 7) is 3.76. The van der Waals surface area contributed by atoms with Crippen molar-refractivity contribution >= 4 is 46.1 Å². The van der Waals surface area contributed by atoms with Gasteiger partial charge < -0.3 is 14.5 Å². The van der Waals surface area contributed by atoms with Gasteiger partial charge in [-0.1, -0.05) is 29.8 Å². The maximum absolute atomic E-state index is 12.3. The number of halogens is 2. The molecule has 144 valence electrons. The van der Waals surface area contributed by atoms with Crippen LogP contribution in [0.5, 0.6) is 0 Å². The second kappa shape index (κ2) is 8.91. The highest BCUT2D eigenvalue weighted by Crippen LogP contribution is 2.29. The van der Waals surface area contributed by atoms with Crippen molar-refractivity contribution in [3.05, 3.63) is 64.8 Å². The highest BCUT2D eigenvalue weighted by atomic mass is 35.5. The Kier molecular flexibility index (Phi) is 6.34. The molecule has 0 bridgehead atoms. The Hall–Kier alpha value is -2.83. The lowest BCUT2D eigenvalue weighted by molar-refractivity contribution is 0.0515. The Bertz CT molecular complexity index is 1040. The van der Waals surface area contributed by atoms with E-state index in [0.29, 0.717) is 50.4 Å². The summed E-state index contributed by atoms with van der Waals surface area (Å²) in [4.78, 5) is 20.7. The predicted molar refractivity (Wildman–Crippen MR) is 111 cm³/mol. The summed E-state index contributed by atoms with van der Waals surface area (Å²) in [6, 6.07) is 9.97. The lowest BCUT2D eigenvalue weighted by Gasteiger charge is -2.06. The summed E-state index contributed by atoms with van der Waals surface area (Å²) >= 11 is 12.1. The van der Waals surface area contributed by atoms with Gasteiger partial charge in [0.2, 0.25) is 5.89 Å².